The van der Waals surface area contributed by atoms with Gasteiger partial charge in [0.25, 0.3) is 5.91 Å². The standard InChI is InChI=1S/C15H18F2N2O2.ClH/c16-15(17)21-13-3-1-10(2-4-13)14(20)19-6-5-11-7-18-8-12(11)9-19;/h1-4,11-12,15,18H,5-9H2;1H. The number of halogens is 3. The van der Waals surface area contributed by atoms with Crippen molar-refractivity contribution in [2.24, 2.45) is 11.8 Å². The molecule has 2 aliphatic rings. The molecule has 1 aromatic carbocycles. The fourth-order valence-corrected chi connectivity index (χ4v) is 3.18. The van der Waals surface area contributed by atoms with Gasteiger partial charge in [-0.1, -0.05) is 0 Å². The zero-order valence-electron chi connectivity index (χ0n) is 12.0. The summed E-state index contributed by atoms with van der Waals surface area (Å²) < 4.78 is 28.5. The third kappa shape index (κ3) is 3.67. The van der Waals surface area contributed by atoms with E-state index in [1.165, 1.54) is 12.1 Å². The van der Waals surface area contributed by atoms with Crippen LogP contribution in [0.4, 0.5) is 8.78 Å². The van der Waals surface area contributed by atoms with E-state index < -0.39 is 6.61 Å². The number of carbonyl (C=O) groups is 1. The quantitative estimate of drug-likeness (QED) is 0.924. The molecule has 2 aliphatic heterocycles. The van der Waals surface area contributed by atoms with Crippen LogP contribution in [0.15, 0.2) is 24.3 Å². The molecule has 0 radical (unpaired) electrons. The number of nitrogens with zero attached hydrogens (tertiary/aromatic N) is 1. The fourth-order valence-electron chi connectivity index (χ4n) is 3.18. The fraction of sp³-hybridized carbons (Fsp3) is 0.533. The molecule has 0 aromatic heterocycles. The first-order valence-electron chi connectivity index (χ1n) is 7.18. The van der Waals surface area contributed by atoms with Crippen LogP contribution in [-0.2, 0) is 0 Å². The van der Waals surface area contributed by atoms with Crippen LogP contribution in [0.25, 0.3) is 0 Å². The third-order valence-electron chi connectivity index (χ3n) is 4.32. The number of rotatable bonds is 3. The van der Waals surface area contributed by atoms with Gasteiger partial charge in [0.15, 0.2) is 0 Å². The Kier molecular flexibility index (Phi) is 5.58. The topological polar surface area (TPSA) is 41.6 Å². The van der Waals surface area contributed by atoms with Gasteiger partial charge >= 0.3 is 6.61 Å². The van der Waals surface area contributed by atoms with Crippen LogP contribution in [-0.4, -0.2) is 43.6 Å². The van der Waals surface area contributed by atoms with Crippen LogP contribution in [0.5, 0.6) is 5.75 Å². The van der Waals surface area contributed by atoms with Crippen molar-refractivity contribution in [1.29, 1.82) is 0 Å². The molecule has 0 bridgehead atoms. The molecule has 2 unspecified atom stereocenters. The summed E-state index contributed by atoms with van der Waals surface area (Å²) in [7, 11) is 0. The summed E-state index contributed by atoms with van der Waals surface area (Å²) in [6.07, 6.45) is 1.02. The van der Waals surface area contributed by atoms with Crippen LogP contribution in [0.1, 0.15) is 16.8 Å². The number of amides is 1. The Morgan fingerprint density at radius 3 is 2.59 bits per heavy atom. The molecule has 22 heavy (non-hydrogen) atoms. The summed E-state index contributed by atoms with van der Waals surface area (Å²) in [4.78, 5) is 14.3. The van der Waals surface area contributed by atoms with Crippen molar-refractivity contribution in [1.82, 2.24) is 10.2 Å². The van der Waals surface area contributed by atoms with Gasteiger partial charge in [-0.05, 0) is 55.6 Å². The van der Waals surface area contributed by atoms with Crippen molar-refractivity contribution in [2.45, 2.75) is 13.0 Å². The van der Waals surface area contributed by atoms with E-state index in [0.29, 0.717) is 17.4 Å². The SMILES string of the molecule is Cl.O=C(c1ccc(OC(F)F)cc1)N1CCC2CNCC2C1. The highest BCUT2D eigenvalue weighted by atomic mass is 35.5. The number of nitrogens with one attached hydrogen (secondary N) is 1. The Morgan fingerprint density at radius 1 is 1.23 bits per heavy atom. The summed E-state index contributed by atoms with van der Waals surface area (Å²) in [5.41, 5.74) is 0.515. The first-order valence-corrected chi connectivity index (χ1v) is 7.18. The Labute approximate surface area is 134 Å². The normalized spacial score (nSPS) is 23.9. The number of fused-ring (bicyclic) bond motifs is 1. The van der Waals surface area contributed by atoms with Gasteiger partial charge in [-0.15, -0.1) is 12.4 Å². The van der Waals surface area contributed by atoms with Gasteiger partial charge in [0.2, 0.25) is 0 Å². The number of benzene rings is 1. The summed E-state index contributed by atoms with van der Waals surface area (Å²) >= 11 is 0. The van der Waals surface area contributed by atoms with Crippen LogP contribution < -0.4 is 10.1 Å². The number of carbonyl (C=O) groups excluding carboxylic acids is 1. The van der Waals surface area contributed by atoms with Gasteiger partial charge in [0, 0.05) is 18.7 Å². The van der Waals surface area contributed by atoms with E-state index in [1.54, 1.807) is 12.1 Å². The molecule has 2 saturated heterocycles. The van der Waals surface area contributed by atoms with Crippen LogP contribution >= 0.6 is 12.4 Å². The Bertz CT molecular complexity index is 513. The van der Waals surface area contributed by atoms with E-state index in [2.05, 4.69) is 10.1 Å². The third-order valence-corrected chi connectivity index (χ3v) is 4.32. The molecule has 3 rings (SSSR count). The number of likely N-dealkylation sites (tertiary alicyclic amines) is 1. The molecule has 0 spiro atoms. The summed E-state index contributed by atoms with van der Waals surface area (Å²) in [6.45, 7) is 0.700. The molecule has 2 heterocycles. The molecule has 7 heteroatoms. The largest absolute Gasteiger partial charge is 0.435 e. The Morgan fingerprint density at radius 2 is 1.91 bits per heavy atom. The molecular formula is C15H19ClF2N2O2. The van der Waals surface area contributed by atoms with Crippen molar-refractivity contribution >= 4 is 18.3 Å². The van der Waals surface area contributed by atoms with Gasteiger partial charge < -0.3 is 15.0 Å². The van der Waals surface area contributed by atoms with E-state index in [-0.39, 0.29) is 24.1 Å². The predicted octanol–water partition coefficient (Wildman–Crippen LogP) is 2.39. The highest BCUT2D eigenvalue weighted by molar-refractivity contribution is 5.94. The van der Waals surface area contributed by atoms with Gasteiger partial charge in [-0.2, -0.15) is 8.78 Å². The minimum atomic E-state index is -2.85. The Balaban J connectivity index is 0.00000176. The molecule has 1 N–H and O–H groups in total. The van der Waals surface area contributed by atoms with Crippen LogP contribution in [0, 0.1) is 11.8 Å². The van der Waals surface area contributed by atoms with Crippen LogP contribution in [0.2, 0.25) is 0 Å². The number of ether oxygens (including phenoxy) is 1. The lowest BCUT2D eigenvalue weighted by Gasteiger charge is -2.34. The first kappa shape index (κ1) is 17.0. The molecule has 1 aromatic rings. The summed E-state index contributed by atoms with van der Waals surface area (Å²) in [6, 6.07) is 5.89. The predicted molar refractivity (Wildman–Crippen MR) is 80.7 cm³/mol. The van der Waals surface area contributed by atoms with Crippen molar-refractivity contribution in [3.63, 3.8) is 0 Å². The highest BCUT2D eigenvalue weighted by Crippen LogP contribution is 2.27. The lowest BCUT2D eigenvalue weighted by Crippen LogP contribution is -2.43. The molecule has 2 fully saturated rings. The van der Waals surface area contributed by atoms with E-state index in [9.17, 15) is 13.6 Å². The number of hydrogen-bond acceptors (Lipinski definition) is 3. The van der Waals surface area contributed by atoms with Gasteiger partial charge in [0.05, 0.1) is 0 Å². The lowest BCUT2D eigenvalue weighted by atomic mass is 9.88. The van der Waals surface area contributed by atoms with E-state index in [0.717, 1.165) is 32.6 Å². The van der Waals surface area contributed by atoms with Crippen molar-refractivity contribution in [2.75, 3.05) is 26.2 Å². The minimum absolute atomic E-state index is 0. The monoisotopic (exact) mass is 332 g/mol. The lowest BCUT2D eigenvalue weighted by molar-refractivity contribution is -0.0498. The van der Waals surface area contributed by atoms with Gasteiger partial charge in [-0.3, -0.25) is 4.79 Å². The zero-order chi connectivity index (χ0) is 14.8. The smallest absolute Gasteiger partial charge is 0.387 e. The second kappa shape index (κ2) is 7.24. The second-order valence-corrected chi connectivity index (χ2v) is 5.62. The maximum Gasteiger partial charge on any atom is 0.387 e. The number of alkyl halides is 2. The molecule has 2 atom stereocenters. The zero-order valence-corrected chi connectivity index (χ0v) is 12.8. The van der Waals surface area contributed by atoms with Crippen molar-refractivity contribution < 1.29 is 18.3 Å². The summed E-state index contributed by atoms with van der Waals surface area (Å²) in [5, 5.41) is 3.36. The molecule has 4 nitrogen and oxygen atoms in total. The molecule has 122 valence electrons. The van der Waals surface area contributed by atoms with Crippen molar-refractivity contribution in [3.8, 4) is 5.75 Å². The molecule has 0 aliphatic carbocycles. The van der Waals surface area contributed by atoms with Crippen LogP contribution in [0.3, 0.4) is 0 Å². The van der Waals surface area contributed by atoms with Gasteiger partial charge in [-0.25, -0.2) is 0 Å². The second-order valence-electron chi connectivity index (χ2n) is 5.62. The van der Waals surface area contributed by atoms with Crippen molar-refractivity contribution in [3.05, 3.63) is 29.8 Å². The number of hydrogen-bond donors (Lipinski definition) is 1. The molecule has 0 saturated carbocycles. The molecule has 1 amide bonds. The van der Waals surface area contributed by atoms with E-state index >= 15 is 0 Å². The minimum Gasteiger partial charge on any atom is -0.435 e. The highest BCUT2D eigenvalue weighted by Gasteiger charge is 2.34. The average Bonchev–Trinajstić information content (AvgIpc) is 2.94. The maximum absolute atomic E-state index is 12.4. The first-order chi connectivity index (χ1) is 10.1. The van der Waals surface area contributed by atoms with Gasteiger partial charge in [0.1, 0.15) is 5.75 Å². The van der Waals surface area contributed by atoms with E-state index in [4.69, 9.17) is 0 Å². The average molecular weight is 333 g/mol. The summed E-state index contributed by atoms with van der Waals surface area (Å²) in [5.74, 6) is 1.24. The Hall–Kier alpha value is -1.40. The molecular weight excluding hydrogens is 314 g/mol. The number of piperidine rings is 1. The van der Waals surface area contributed by atoms with E-state index in [1.807, 2.05) is 4.90 Å². The maximum atomic E-state index is 12.4.